The van der Waals surface area contributed by atoms with Crippen LogP contribution in [0.5, 0.6) is 0 Å². The number of para-hydroxylation sites is 2. The Morgan fingerprint density at radius 2 is 0.726 bits per heavy atom. The van der Waals surface area contributed by atoms with Gasteiger partial charge in [0.2, 0.25) is 5.95 Å². The number of benzene rings is 9. The van der Waals surface area contributed by atoms with Gasteiger partial charge in [0, 0.05) is 38.4 Å². The summed E-state index contributed by atoms with van der Waals surface area (Å²) in [4.78, 5) is 15.5. The van der Waals surface area contributed by atoms with E-state index in [1.807, 2.05) is 158 Å². The van der Waals surface area contributed by atoms with Crippen molar-refractivity contribution >= 4 is 43.6 Å². The van der Waals surface area contributed by atoms with Crippen molar-refractivity contribution < 1.29 is 13.7 Å². The van der Waals surface area contributed by atoms with E-state index in [1.165, 1.54) is 4.57 Å². The van der Waals surface area contributed by atoms with E-state index in [0.717, 1.165) is 33.4 Å². The van der Waals surface area contributed by atoms with E-state index in [2.05, 4.69) is 0 Å². The highest BCUT2D eigenvalue weighted by atomic mass is 15.2. The molecule has 290 valence electrons. The molecule has 0 saturated heterocycles. The predicted molar refractivity (Wildman–Crippen MR) is 256 cm³/mol. The molecule has 0 aliphatic heterocycles. The molecule has 0 amide bonds. The first-order valence-electron chi connectivity index (χ1n) is 25.1. The minimum Gasteiger partial charge on any atom is -0.307 e. The molecule has 0 saturated carbocycles. The molecule has 0 aliphatic carbocycles. The van der Waals surface area contributed by atoms with Crippen LogP contribution < -0.4 is 0 Å². The molecule has 0 unspecified atom stereocenters. The zero-order valence-corrected chi connectivity index (χ0v) is 32.8. The van der Waals surface area contributed by atoms with Crippen LogP contribution in [-0.2, 0) is 0 Å². The molecule has 62 heavy (non-hydrogen) atoms. The van der Waals surface area contributed by atoms with Crippen LogP contribution in [0.3, 0.4) is 0 Å². The average Bonchev–Trinajstić information content (AvgIpc) is 3.98. The normalized spacial score (nSPS) is 13.8. The van der Waals surface area contributed by atoms with Gasteiger partial charge in [0.25, 0.3) is 0 Å². The molecule has 0 atom stereocenters. The fraction of sp³-hybridized carbons (Fsp3) is 0. The van der Waals surface area contributed by atoms with E-state index >= 15 is 0 Å². The van der Waals surface area contributed by atoms with Crippen molar-refractivity contribution in [3.63, 3.8) is 0 Å². The van der Waals surface area contributed by atoms with Gasteiger partial charge < -0.3 is 4.57 Å². The lowest BCUT2D eigenvalue weighted by atomic mass is 10.0. The molecule has 3 heterocycles. The molecule has 0 fully saturated rings. The first-order chi connectivity index (χ1) is 34.9. The third kappa shape index (κ3) is 5.98. The SMILES string of the molecule is [2H]c1c([2H])c([2H])c2c(c1[2H])c1c([2H])c([2H])c3c4c([2H])c([2H])c([2H])c([2H])c4n(-c4nc(-c5cccc(-c6ccccc6)c5)nc(-c5cccc(-c6ccccc6)c5)n4)c3c1n2-c1cccc(-c2ccccc2)c1. The minimum absolute atomic E-state index is 0.00893. The summed E-state index contributed by atoms with van der Waals surface area (Å²) >= 11 is 0. The molecule has 0 spiro atoms. The van der Waals surface area contributed by atoms with E-state index in [1.54, 1.807) is 10.6 Å². The van der Waals surface area contributed by atoms with Crippen LogP contribution in [0.2, 0.25) is 0 Å². The Labute approximate surface area is 372 Å². The topological polar surface area (TPSA) is 48.5 Å². The number of fused-ring (bicyclic) bond motifs is 7. The zero-order chi connectivity index (χ0) is 49.7. The lowest BCUT2D eigenvalue weighted by molar-refractivity contribution is 0.953. The van der Waals surface area contributed by atoms with Gasteiger partial charge in [-0.15, -0.1) is 0 Å². The maximum atomic E-state index is 9.83. The summed E-state index contributed by atoms with van der Waals surface area (Å²) < 4.78 is 96.5. The largest absolute Gasteiger partial charge is 0.307 e. The summed E-state index contributed by atoms with van der Waals surface area (Å²) in [5, 5.41) is -0.0787. The molecular formula is C57H37N5. The van der Waals surface area contributed by atoms with Gasteiger partial charge in [-0.3, -0.25) is 4.57 Å². The predicted octanol–water partition coefficient (Wildman–Crippen LogP) is 14.4. The van der Waals surface area contributed by atoms with Gasteiger partial charge in [0.15, 0.2) is 11.6 Å². The second-order valence-corrected chi connectivity index (χ2v) is 14.9. The average molecular weight is 802 g/mol. The van der Waals surface area contributed by atoms with Gasteiger partial charge in [-0.1, -0.05) is 188 Å². The van der Waals surface area contributed by atoms with E-state index in [4.69, 9.17) is 20.4 Å². The molecule has 12 aromatic rings. The molecule has 0 N–H and O–H groups in total. The number of rotatable bonds is 7. The Bertz CT molecular complexity index is 4110. The molecular weight excluding hydrogens is 755 g/mol. The molecule has 0 aliphatic rings. The van der Waals surface area contributed by atoms with Gasteiger partial charge in [0.05, 0.1) is 35.8 Å². The summed E-state index contributed by atoms with van der Waals surface area (Å²) in [6.07, 6.45) is 0. The van der Waals surface area contributed by atoms with Crippen molar-refractivity contribution in [3.8, 4) is 67.8 Å². The first kappa shape index (κ1) is 26.6. The molecule has 0 bridgehead atoms. The first-order valence-corrected chi connectivity index (χ1v) is 20.1. The summed E-state index contributed by atoms with van der Waals surface area (Å²) in [5.41, 5.74) is 7.20. The van der Waals surface area contributed by atoms with Crippen molar-refractivity contribution in [2.24, 2.45) is 0 Å². The number of hydrogen-bond acceptors (Lipinski definition) is 3. The van der Waals surface area contributed by atoms with E-state index in [9.17, 15) is 8.22 Å². The van der Waals surface area contributed by atoms with Crippen molar-refractivity contribution in [1.29, 1.82) is 0 Å². The standard InChI is InChI=1S/C57H37N5/c1-4-17-38(18-5-1)41-23-14-26-44(35-41)55-58-56(45-27-15-24-42(36-45)39-19-6-2-7-20-39)60-57(59-55)62-52-32-13-11-30-48(52)50-34-33-49-47-29-10-12-31-51(47)61(53(49)54(50)62)46-28-16-25-43(37-46)40-21-8-3-9-22-40/h1-37H/i10D,11D,12D,13D,29D,30D,31D,32D,33D,34D. The lowest BCUT2D eigenvalue weighted by Gasteiger charge is -2.14. The van der Waals surface area contributed by atoms with Crippen LogP contribution in [-0.4, -0.2) is 24.1 Å². The minimum atomic E-state index is -0.555. The Morgan fingerprint density at radius 1 is 0.323 bits per heavy atom. The van der Waals surface area contributed by atoms with Crippen LogP contribution in [0.15, 0.2) is 224 Å². The summed E-state index contributed by atoms with van der Waals surface area (Å²) in [6, 6.07) is 47.5. The lowest BCUT2D eigenvalue weighted by Crippen LogP contribution is -2.07. The van der Waals surface area contributed by atoms with Gasteiger partial charge >= 0.3 is 0 Å². The Morgan fingerprint density at radius 3 is 1.24 bits per heavy atom. The van der Waals surface area contributed by atoms with E-state index in [-0.39, 0.29) is 67.3 Å². The molecule has 0 radical (unpaired) electrons. The summed E-state index contributed by atoms with van der Waals surface area (Å²) in [6.45, 7) is 0. The highest BCUT2D eigenvalue weighted by Gasteiger charge is 2.24. The molecule has 9 aromatic carbocycles. The summed E-state index contributed by atoms with van der Waals surface area (Å²) in [7, 11) is 0. The van der Waals surface area contributed by atoms with Crippen molar-refractivity contribution in [2.75, 3.05) is 0 Å². The molecule has 3 aromatic heterocycles. The second kappa shape index (κ2) is 14.7. The van der Waals surface area contributed by atoms with Crippen LogP contribution in [0, 0.1) is 0 Å². The van der Waals surface area contributed by atoms with Gasteiger partial charge in [-0.2, -0.15) is 9.97 Å². The fourth-order valence-corrected chi connectivity index (χ4v) is 8.38. The number of nitrogens with zero attached hydrogens (tertiary/aromatic N) is 5. The van der Waals surface area contributed by atoms with Gasteiger partial charge in [0.1, 0.15) is 0 Å². The third-order valence-electron chi connectivity index (χ3n) is 11.2. The Kier molecular flexibility index (Phi) is 6.31. The van der Waals surface area contributed by atoms with Crippen molar-refractivity contribution in [1.82, 2.24) is 24.1 Å². The number of hydrogen-bond donors (Lipinski definition) is 0. The van der Waals surface area contributed by atoms with Crippen LogP contribution in [0.1, 0.15) is 13.7 Å². The van der Waals surface area contributed by atoms with Crippen LogP contribution in [0.4, 0.5) is 0 Å². The molecule has 5 heteroatoms. The monoisotopic (exact) mass is 801 g/mol. The third-order valence-corrected chi connectivity index (χ3v) is 11.2. The van der Waals surface area contributed by atoms with E-state index in [0.29, 0.717) is 16.8 Å². The number of aromatic nitrogens is 5. The van der Waals surface area contributed by atoms with Crippen LogP contribution >= 0.6 is 0 Å². The maximum Gasteiger partial charge on any atom is 0.238 e. The molecule has 5 nitrogen and oxygen atoms in total. The van der Waals surface area contributed by atoms with Crippen molar-refractivity contribution in [2.45, 2.75) is 0 Å². The smallest absolute Gasteiger partial charge is 0.238 e. The van der Waals surface area contributed by atoms with Gasteiger partial charge in [-0.05, 0) is 69.7 Å². The Hall–Kier alpha value is -8.41. The Balaban J connectivity index is 1.29. The highest BCUT2D eigenvalue weighted by molar-refractivity contribution is 6.23. The van der Waals surface area contributed by atoms with E-state index < -0.39 is 54.4 Å². The second-order valence-electron chi connectivity index (χ2n) is 14.9. The zero-order valence-electron chi connectivity index (χ0n) is 42.8. The van der Waals surface area contributed by atoms with Gasteiger partial charge in [-0.25, -0.2) is 4.98 Å². The fourth-order valence-electron chi connectivity index (χ4n) is 8.38. The highest BCUT2D eigenvalue weighted by Crippen LogP contribution is 2.42. The maximum absolute atomic E-state index is 9.83. The quantitative estimate of drug-likeness (QED) is 0.161. The van der Waals surface area contributed by atoms with Crippen LogP contribution in [0.25, 0.3) is 111 Å². The molecule has 12 rings (SSSR count). The van der Waals surface area contributed by atoms with Crippen molar-refractivity contribution in [3.05, 3.63) is 224 Å². The summed E-state index contributed by atoms with van der Waals surface area (Å²) in [5.74, 6) is 0.371.